The standard InChI is InChI=1S/C12H21N3O4/c1-3-13-12(19)14-11(18)8(2)15(7-10(16)17)6-9-4-5-9/h8-9H,3-7H2,1-2H3,(H,16,17)(H2,13,14,18,19). The van der Waals surface area contributed by atoms with Gasteiger partial charge in [0, 0.05) is 13.1 Å². The molecule has 0 bridgehead atoms. The molecule has 0 aromatic heterocycles. The van der Waals surface area contributed by atoms with Gasteiger partial charge in [-0.3, -0.25) is 19.8 Å². The van der Waals surface area contributed by atoms with E-state index in [2.05, 4.69) is 10.6 Å². The van der Waals surface area contributed by atoms with Crippen LogP contribution in [0.3, 0.4) is 0 Å². The molecule has 0 aromatic rings. The first-order chi connectivity index (χ1) is 8.93. The van der Waals surface area contributed by atoms with E-state index >= 15 is 0 Å². The number of hydrogen-bond donors (Lipinski definition) is 3. The van der Waals surface area contributed by atoms with Crippen LogP contribution in [0.4, 0.5) is 4.79 Å². The van der Waals surface area contributed by atoms with Gasteiger partial charge in [-0.25, -0.2) is 4.79 Å². The zero-order valence-corrected chi connectivity index (χ0v) is 11.3. The van der Waals surface area contributed by atoms with Crippen LogP contribution in [-0.4, -0.2) is 53.6 Å². The van der Waals surface area contributed by atoms with E-state index in [9.17, 15) is 14.4 Å². The minimum atomic E-state index is -0.974. The molecule has 7 heteroatoms. The molecule has 1 fully saturated rings. The second-order valence-electron chi connectivity index (χ2n) is 4.79. The highest BCUT2D eigenvalue weighted by Gasteiger charge is 2.30. The third kappa shape index (κ3) is 5.69. The van der Waals surface area contributed by atoms with Crippen LogP contribution in [0.1, 0.15) is 26.7 Å². The topological polar surface area (TPSA) is 98.7 Å². The van der Waals surface area contributed by atoms with E-state index in [1.165, 1.54) is 0 Å². The molecule has 1 saturated carbocycles. The minimum absolute atomic E-state index is 0.194. The number of hydrogen-bond acceptors (Lipinski definition) is 4. The van der Waals surface area contributed by atoms with E-state index < -0.39 is 23.9 Å². The Kier molecular flexibility index (Phi) is 5.75. The highest BCUT2D eigenvalue weighted by atomic mass is 16.4. The van der Waals surface area contributed by atoms with Gasteiger partial charge in [-0.05, 0) is 32.6 Å². The van der Waals surface area contributed by atoms with Crippen molar-refractivity contribution < 1.29 is 19.5 Å². The first-order valence-corrected chi connectivity index (χ1v) is 6.48. The van der Waals surface area contributed by atoms with Crippen LogP contribution in [0.25, 0.3) is 0 Å². The Balaban J connectivity index is 2.52. The van der Waals surface area contributed by atoms with E-state index in [-0.39, 0.29) is 6.54 Å². The van der Waals surface area contributed by atoms with Gasteiger partial charge in [-0.2, -0.15) is 0 Å². The molecular weight excluding hydrogens is 250 g/mol. The Bertz CT molecular complexity index is 355. The van der Waals surface area contributed by atoms with Crippen molar-refractivity contribution in [3.05, 3.63) is 0 Å². The summed E-state index contributed by atoms with van der Waals surface area (Å²) < 4.78 is 0. The zero-order valence-electron chi connectivity index (χ0n) is 11.3. The van der Waals surface area contributed by atoms with Crippen LogP contribution in [0.2, 0.25) is 0 Å². The van der Waals surface area contributed by atoms with Crippen molar-refractivity contribution in [1.29, 1.82) is 0 Å². The molecule has 108 valence electrons. The fourth-order valence-electron chi connectivity index (χ4n) is 1.75. The van der Waals surface area contributed by atoms with Gasteiger partial charge in [-0.15, -0.1) is 0 Å². The summed E-state index contributed by atoms with van der Waals surface area (Å²) in [5.41, 5.74) is 0. The van der Waals surface area contributed by atoms with E-state index in [0.717, 1.165) is 12.8 Å². The van der Waals surface area contributed by atoms with Crippen molar-refractivity contribution in [1.82, 2.24) is 15.5 Å². The number of nitrogens with one attached hydrogen (secondary N) is 2. The SMILES string of the molecule is CCNC(=O)NC(=O)C(C)N(CC(=O)O)CC1CC1. The predicted molar refractivity (Wildman–Crippen MR) is 68.6 cm³/mol. The lowest BCUT2D eigenvalue weighted by atomic mass is 10.2. The highest BCUT2D eigenvalue weighted by molar-refractivity contribution is 5.96. The van der Waals surface area contributed by atoms with E-state index in [0.29, 0.717) is 19.0 Å². The molecule has 0 aromatic carbocycles. The molecule has 3 amide bonds. The second-order valence-corrected chi connectivity index (χ2v) is 4.79. The molecule has 3 N–H and O–H groups in total. The first kappa shape index (κ1) is 15.4. The van der Waals surface area contributed by atoms with Gasteiger partial charge in [0.2, 0.25) is 5.91 Å². The molecule has 1 aliphatic rings. The van der Waals surface area contributed by atoms with Gasteiger partial charge in [0.25, 0.3) is 0 Å². The van der Waals surface area contributed by atoms with Gasteiger partial charge < -0.3 is 10.4 Å². The van der Waals surface area contributed by atoms with Crippen molar-refractivity contribution in [2.45, 2.75) is 32.7 Å². The number of amides is 3. The maximum absolute atomic E-state index is 11.8. The summed E-state index contributed by atoms with van der Waals surface area (Å²) in [7, 11) is 0. The molecule has 1 unspecified atom stereocenters. The molecule has 1 atom stereocenters. The average Bonchev–Trinajstić information content (AvgIpc) is 3.10. The molecule has 0 heterocycles. The summed E-state index contributed by atoms with van der Waals surface area (Å²) in [6.45, 7) is 4.17. The molecule has 0 radical (unpaired) electrons. The molecule has 19 heavy (non-hydrogen) atoms. The van der Waals surface area contributed by atoms with Crippen LogP contribution in [0, 0.1) is 5.92 Å². The zero-order chi connectivity index (χ0) is 14.4. The number of aliphatic carboxylic acids is 1. The molecule has 0 spiro atoms. The summed E-state index contributed by atoms with van der Waals surface area (Å²) in [5, 5.41) is 13.5. The van der Waals surface area contributed by atoms with Crippen LogP contribution in [0.15, 0.2) is 0 Å². The average molecular weight is 271 g/mol. The van der Waals surface area contributed by atoms with Crippen molar-refractivity contribution in [3.63, 3.8) is 0 Å². The number of rotatable bonds is 7. The predicted octanol–water partition coefficient (Wildman–Crippen LogP) is 0.0172. The van der Waals surface area contributed by atoms with Gasteiger partial charge in [0.05, 0.1) is 12.6 Å². The normalized spacial score (nSPS) is 15.9. The smallest absolute Gasteiger partial charge is 0.321 e. The van der Waals surface area contributed by atoms with E-state index in [1.807, 2.05) is 0 Å². The fraction of sp³-hybridized carbons (Fsp3) is 0.750. The third-order valence-electron chi connectivity index (χ3n) is 3.03. The number of carbonyl (C=O) groups excluding carboxylic acids is 2. The summed E-state index contributed by atoms with van der Waals surface area (Å²) >= 11 is 0. The van der Waals surface area contributed by atoms with E-state index in [4.69, 9.17) is 5.11 Å². The Morgan fingerprint density at radius 2 is 2.00 bits per heavy atom. The van der Waals surface area contributed by atoms with Crippen LogP contribution in [-0.2, 0) is 9.59 Å². The lowest BCUT2D eigenvalue weighted by molar-refractivity contribution is -0.139. The van der Waals surface area contributed by atoms with E-state index in [1.54, 1.807) is 18.7 Å². The second kappa shape index (κ2) is 7.08. The lowest BCUT2D eigenvalue weighted by Gasteiger charge is -2.26. The van der Waals surface area contributed by atoms with Crippen molar-refractivity contribution in [3.8, 4) is 0 Å². The Morgan fingerprint density at radius 1 is 1.37 bits per heavy atom. The first-order valence-electron chi connectivity index (χ1n) is 6.48. The Morgan fingerprint density at radius 3 is 2.47 bits per heavy atom. The van der Waals surface area contributed by atoms with Gasteiger partial charge in [0.1, 0.15) is 0 Å². The van der Waals surface area contributed by atoms with Gasteiger partial charge in [0.15, 0.2) is 0 Å². The molecule has 7 nitrogen and oxygen atoms in total. The number of imide groups is 1. The summed E-state index contributed by atoms with van der Waals surface area (Å²) in [6, 6.07) is -1.19. The number of nitrogens with zero attached hydrogens (tertiary/aromatic N) is 1. The summed E-state index contributed by atoms with van der Waals surface area (Å²) in [6.07, 6.45) is 2.14. The number of urea groups is 1. The van der Waals surface area contributed by atoms with Gasteiger partial charge >= 0.3 is 12.0 Å². The van der Waals surface area contributed by atoms with Crippen LogP contribution < -0.4 is 10.6 Å². The fourth-order valence-corrected chi connectivity index (χ4v) is 1.75. The molecule has 1 rings (SSSR count). The van der Waals surface area contributed by atoms with Crippen molar-refractivity contribution >= 4 is 17.9 Å². The van der Waals surface area contributed by atoms with Crippen LogP contribution in [0.5, 0.6) is 0 Å². The third-order valence-corrected chi connectivity index (χ3v) is 3.03. The quantitative estimate of drug-likeness (QED) is 0.606. The Labute approximate surface area is 112 Å². The highest BCUT2D eigenvalue weighted by Crippen LogP contribution is 2.30. The van der Waals surface area contributed by atoms with Crippen LogP contribution >= 0.6 is 0 Å². The van der Waals surface area contributed by atoms with Gasteiger partial charge in [-0.1, -0.05) is 0 Å². The number of carboxylic acid groups (broad SMARTS) is 1. The molecule has 1 aliphatic carbocycles. The minimum Gasteiger partial charge on any atom is -0.480 e. The maximum Gasteiger partial charge on any atom is 0.321 e. The maximum atomic E-state index is 11.8. The molecular formula is C12H21N3O4. The number of carboxylic acids is 1. The lowest BCUT2D eigenvalue weighted by Crippen LogP contribution is -2.51. The monoisotopic (exact) mass is 271 g/mol. The molecule has 0 aliphatic heterocycles. The largest absolute Gasteiger partial charge is 0.480 e. The summed E-state index contributed by atoms with van der Waals surface area (Å²) in [5.74, 6) is -0.981. The summed E-state index contributed by atoms with van der Waals surface area (Å²) in [4.78, 5) is 35.5. The molecule has 0 saturated heterocycles. The number of carbonyl (C=O) groups is 3. The van der Waals surface area contributed by atoms with Crippen molar-refractivity contribution in [2.75, 3.05) is 19.6 Å². The Hall–Kier alpha value is -1.63. The van der Waals surface area contributed by atoms with Crippen molar-refractivity contribution in [2.24, 2.45) is 5.92 Å².